The van der Waals surface area contributed by atoms with E-state index in [-0.39, 0.29) is 18.2 Å². The van der Waals surface area contributed by atoms with Crippen molar-refractivity contribution in [2.75, 3.05) is 16.8 Å². The third kappa shape index (κ3) is 3.75. The van der Waals surface area contributed by atoms with Crippen molar-refractivity contribution in [2.45, 2.75) is 13.3 Å². The molecule has 142 valence electrons. The summed E-state index contributed by atoms with van der Waals surface area (Å²) in [4.78, 5) is 30.8. The Morgan fingerprint density at radius 1 is 1.25 bits per heavy atom. The lowest BCUT2D eigenvalue weighted by atomic mass is 10.1. The maximum Gasteiger partial charge on any atom is 0.229 e. The van der Waals surface area contributed by atoms with Gasteiger partial charge in [-0.15, -0.1) is 0 Å². The summed E-state index contributed by atoms with van der Waals surface area (Å²) >= 11 is 6.01. The molecular formula is C20H17ClN4O3. The highest BCUT2D eigenvalue weighted by Gasteiger charge is 2.35. The molecule has 2 heterocycles. The number of carbonyl (C=O) groups excluding carboxylic acids is 2. The van der Waals surface area contributed by atoms with Crippen LogP contribution in [0.2, 0.25) is 5.02 Å². The lowest BCUT2D eigenvalue weighted by Crippen LogP contribution is -2.28. The zero-order valence-electron chi connectivity index (χ0n) is 15.1. The first-order valence-electron chi connectivity index (χ1n) is 8.77. The zero-order valence-corrected chi connectivity index (χ0v) is 15.8. The molecule has 1 aromatic heterocycles. The number of benzene rings is 2. The van der Waals surface area contributed by atoms with E-state index in [4.69, 9.17) is 16.1 Å². The molecule has 1 atom stereocenters. The highest BCUT2D eigenvalue weighted by molar-refractivity contribution is 6.31. The van der Waals surface area contributed by atoms with Gasteiger partial charge in [-0.05, 0) is 30.3 Å². The fourth-order valence-electron chi connectivity index (χ4n) is 3.17. The van der Waals surface area contributed by atoms with Crippen molar-refractivity contribution in [3.05, 3.63) is 59.4 Å². The lowest BCUT2D eigenvalue weighted by molar-refractivity contribution is -0.122. The van der Waals surface area contributed by atoms with Gasteiger partial charge in [-0.1, -0.05) is 35.0 Å². The molecule has 0 aliphatic carbocycles. The van der Waals surface area contributed by atoms with Crippen LogP contribution in [0.3, 0.4) is 0 Å². The van der Waals surface area contributed by atoms with Gasteiger partial charge in [0.15, 0.2) is 0 Å². The molecule has 0 unspecified atom stereocenters. The molecule has 0 saturated carbocycles. The Morgan fingerprint density at radius 2 is 2.07 bits per heavy atom. The monoisotopic (exact) mass is 396 g/mol. The van der Waals surface area contributed by atoms with Crippen LogP contribution in [0.5, 0.6) is 0 Å². The topological polar surface area (TPSA) is 88.3 Å². The molecule has 1 aliphatic rings. The van der Waals surface area contributed by atoms with Crippen LogP contribution in [-0.4, -0.2) is 28.5 Å². The standard InChI is InChI=1S/C20H17ClN4O3/c1-12-22-19(24-28-12)13-4-2-6-16(8-13)23-20(27)14-9-18(26)25(11-14)17-7-3-5-15(21)10-17/h2-8,10,14H,9,11H2,1H3,(H,23,27)/t14-/m1/s1. The maximum absolute atomic E-state index is 12.7. The molecule has 1 N–H and O–H groups in total. The number of nitrogens with one attached hydrogen (secondary N) is 1. The van der Waals surface area contributed by atoms with Crippen LogP contribution in [0.25, 0.3) is 11.4 Å². The second-order valence-electron chi connectivity index (χ2n) is 6.59. The Kier molecular flexibility index (Phi) is 4.83. The first kappa shape index (κ1) is 18.2. The van der Waals surface area contributed by atoms with E-state index in [1.54, 1.807) is 54.3 Å². The van der Waals surface area contributed by atoms with Gasteiger partial charge in [0.2, 0.25) is 23.5 Å². The molecule has 1 aliphatic heterocycles. The molecule has 8 heteroatoms. The van der Waals surface area contributed by atoms with Crippen LogP contribution >= 0.6 is 11.6 Å². The Morgan fingerprint density at radius 3 is 2.82 bits per heavy atom. The Hall–Kier alpha value is -3.19. The van der Waals surface area contributed by atoms with Gasteiger partial charge in [0.25, 0.3) is 0 Å². The number of aryl methyl sites for hydroxylation is 1. The fraction of sp³-hybridized carbons (Fsp3) is 0.200. The molecule has 0 spiro atoms. The summed E-state index contributed by atoms with van der Waals surface area (Å²) in [6, 6.07) is 14.2. The molecule has 4 rings (SSSR count). The van der Waals surface area contributed by atoms with E-state index >= 15 is 0 Å². The molecule has 2 amide bonds. The van der Waals surface area contributed by atoms with Gasteiger partial charge in [0, 0.05) is 41.9 Å². The van der Waals surface area contributed by atoms with E-state index in [0.29, 0.717) is 34.7 Å². The van der Waals surface area contributed by atoms with E-state index in [9.17, 15) is 9.59 Å². The van der Waals surface area contributed by atoms with E-state index in [1.165, 1.54) is 0 Å². The minimum atomic E-state index is -0.442. The molecule has 3 aromatic rings. The van der Waals surface area contributed by atoms with Crippen molar-refractivity contribution in [3.63, 3.8) is 0 Å². The van der Waals surface area contributed by atoms with Crippen LogP contribution < -0.4 is 10.2 Å². The molecule has 1 saturated heterocycles. The van der Waals surface area contributed by atoms with Crippen LogP contribution in [0.15, 0.2) is 53.1 Å². The number of amides is 2. The SMILES string of the molecule is Cc1nc(-c2cccc(NC(=O)[C@@H]3CC(=O)N(c4cccc(Cl)c4)C3)c2)no1. The number of aromatic nitrogens is 2. The van der Waals surface area contributed by atoms with Gasteiger partial charge in [0.05, 0.1) is 5.92 Å². The van der Waals surface area contributed by atoms with Gasteiger partial charge in [-0.25, -0.2) is 0 Å². The predicted molar refractivity (Wildman–Crippen MR) is 105 cm³/mol. The van der Waals surface area contributed by atoms with Crippen molar-refractivity contribution in [1.29, 1.82) is 0 Å². The minimum Gasteiger partial charge on any atom is -0.339 e. The van der Waals surface area contributed by atoms with Gasteiger partial charge < -0.3 is 14.7 Å². The van der Waals surface area contributed by atoms with Crippen LogP contribution in [0.4, 0.5) is 11.4 Å². The van der Waals surface area contributed by atoms with Crippen molar-refractivity contribution in [3.8, 4) is 11.4 Å². The maximum atomic E-state index is 12.7. The number of rotatable bonds is 4. The van der Waals surface area contributed by atoms with Gasteiger partial charge in [0.1, 0.15) is 0 Å². The molecule has 1 fully saturated rings. The summed E-state index contributed by atoms with van der Waals surface area (Å²) < 4.78 is 4.99. The number of hydrogen-bond acceptors (Lipinski definition) is 5. The molecule has 0 bridgehead atoms. The Labute approximate surface area is 166 Å². The van der Waals surface area contributed by atoms with Crippen molar-refractivity contribution in [1.82, 2.24) is 10.1 Å². The number of nitrogens with zero attached hydrogens (tertiary/aromatic N) is 3. The third-order valence-electron chi connectivity index (χ3n) is 4.53. The second-order valence-corrected chi connectivity index (χ2v) is 7.03. The average molecular weight is 397 g/mol. The first-order valence-corrected chi connectivity index (χ1v) is 9.15. The van der Waals surface area contributed by atoms with Crippen LogP contribution in [0.1, 0.15) is 12.3 Å². The van der Waals surface area contributed by atoms with Gasteiger partial charge >= 0.3 is 0 Å². The van der Waals surface area contributed by atoms with Crippen LogP contribution in [0, 0.1) is 12.8 Å². The summed E-state index contributed by atoms with van der Waals surface area (Å²) in [6.45, 7) is 2.03. The number of hydrogen-bond donors (Lipinski definition) is 1. The molecular weight excluding hydrogens is 380 g/mol. The van der Waals surface area contributed by atoms with Crippen LogP contribution in [-0.2, 0) is 9.59 Å². The van der Waals surface area contributed by atoms with Crippen molar-refractivity contribution in [2.24, 2.45) is 5.92 Å². The zero-order chi connectivity index (χ0) is 19.7. The summed E-state index contributed by atoms with van der Waals surface area (Å²) in [6.07, 6.45) is 0.155. The molecule has 28 heavy (non-hydrogen) atoms. The Balaban J connectivity index is 1.46. The lowest BCUT2D eigenvalue weighted by Gasteiger charge is -2.17. The average Bonchev–Trinajstić information content (AvgIpc) is 3.28. The fourth-order valence-corrected chi connectivity index (χ4v) is 3.36. The summed E-state index contributed by atoms with van der Waals surface area (Å²) in [5.74, 6) is 0.173. The molecule has 0 radical (unpaired) electrons. The normalized spacial score (nSPS) is 16.4. The van der Waals surface area contributed by atoms with Gasteiger partial charge in [-0.2, -0.15) is 4.98 Å². The number of carbonyl (C=O) groups is 2. The molecule has 2 aromatic carbocycles. The van der Waals surface area contributed by atoms with E-state index < -0.39 is 5.92 Å². The number of halogens is 1. The van der Waals surface area contributed by atoms with Crippen molar-refractivity contribution >= 4 is 34.8 Å². The quantitative estimate of drug-likeness (QED) is 0.726. The smallest absolute Gasteiger partial charge is 0.229 e. The summed E-state index contributed by atoms with van der Waals surface area (Å²) in [5.41, 5.74) is 2.04. The van der Waals surface area contributed by atoms with Crippen molar-refractivity contribution < 1.29 is 14.1 Å². The van der Waals surface area contributed by atoms with Gasteiger partial charge in [-0.3, -0.25) is 9.59 Å². The van der Waals surface area contributed by atoms with E-state index in [1.807, 2.05) is 6.07 Å². The second kappa shape index (κ2) is 7.44. The highest BCUT2D eigenvalue weighted by Crippen LogP contribution is 2.28. The number of anilines is 2. The van der Waals surface area contributed by atoms with E-state index in [2.05, 4.69) is 15.5 Å². The summed E-state index contributed by atoms with van der Waals surface area (Å²) in [7, 11) is 0. The third-order valence-corrected chi connectivity index (χ3v) is 4.77. The highest BCUT2D eigenvalue weighted by atomic mass is 35.5. The van der Waals surface area contributed by atoms with E-state index in [0.717, 1.165) is 5.56 Å². The largest absolute Gasteiger partial charge is 0.339 e. The summed E-state index contributed by atoms with van der Waals surface area (Å²) in [5, 5.41) is 7.31. The predicted octanol–water partition coefficient (Wildman–Crippen LogP) is 3.69. The molecule has 7 nitrogen and oxygen atoms in total. The first-order chi connectivity index (χ1) is 13.5. The minimum absolute atomic E-state index is 0.0987. The Bertz CT molecular complexity index is 1050.